The van der Waals surface area contributed by atoms with Crippen LogP contribution in [0.4, 0.5) is 0 Å². The van der Waals surface area contributed by atoms with Gasteiger partial charge in [-0.25, -0.2) is 0 Å². The maximum Gasteiger partial charge on any atom is 0.101 e. The highest BCUT2D eigenvalue weighted by Gasteiger charge is 2.04. The van der Waals surface area contributed by atoms with Crippen LogP contribution >= 0.6 is 0 Å². The Morgan fingerprint density at radius 1 is 1.50 bits per heavy atom. The maximum absolute atomic E-state index is 8.73. The van der Waals surface area contributed by atoms with Crippen molar-refractivity contribution in [2.24, 2.45) is 0 Å². The first-order valence-corrected chi connectivity index (χ1v) is 3.51. The van der Waals surface area contributed by atoms with Crippen molar-refractivity contribution in [3.63, 3.8) is 0 Å². The van der Waals surface area contributed by atoms with Crippen LogP contribution in [0.25, 0.3) is 0 Å². The minimum atomic E-state index is 0.270. The fraction of sp³-hybridized carbons (Fsp3) is 0.222. The van der Waals surface area contributed by atoms with E-state index in [1.54, 1.807) is 19.2 Å². The molecule has 1 aromatic heterocycles. The fourth-order valence-electron chi connectivity index (χ4n) is 1.00. The van der Waals surface area contributed by atoms with Crippen molar-refractivity contribution in [2.75, 3.05) is 0 Å². The van der Waals surface area contributed by atoms with Crippen molar-refractivity contribution in [1.29, 1.82) is 10.5 Å². The predicted molar refractivity (Wildman–Crippen MR) is 43.0 cm³/mol. The van der Waals surface area contributed by atoms with Gasteiger partial charge in [-0.15, -0.1) is 0 Å². The van der Waals surface area contributed by atoms with Crippen LogP contribution in [0.5, 0.6) is 0 Å². The van der Waals surface area contributed by atoms with Gasteiger partial charge in [-0.2, -0.15) is 10.5 Å². The molecule has 0 spiro atoms. The van der Waals surface area contributed by atoms with Crippen LogP contribution < -0.4 is 0 Å². The topological polar surface area (TPSA) is 60.5 Å². The molecule has 3 nitrogen and oxygen atoms in total. The summed E-state index contributed by atoms with van der Waals surface area (Å²) in [7, 11) is 0. The molecule has 1 heterocycles. The summed E-state index contributed by atoms with van der Waals surface area (Å²) in [5.74, 6) is 0. The summed E-state index contributed by atoms with van der Waals surface area (Å²) < 4.78 is 0. The highest BCUT2D eigenvalue weighted by atomic mass is 14.7. The third kappa shape index (κ3) is 1.41. The Labute approximate surface area is 70.9 Å². The van der Waals surface area contributed by atoms with Crippen molar-refractivity contribution in [3.05, 3.63) is 29.1 Å². The predicted octanol–water partition coefficient (Wildman–Crippen LogP) is 1.33. The van der Waals surface area contributed by atoms with Crippen LogP contribution in [0, 0.1) is 29.6 Å². The molecule has 12 heavy (non-hydrogen) atoms. The van der Waals surface area contributed by atoms with Gasteiger partial charge in [0.05, 0.1) is 23.7 Å². The normalized spacial score (nSPS) is 8.58. The SMILES string of the molecule is Cc1nccc(CC#N)c1C#N. The lowest BCUT2D eigenvalue weighted by atomic mass is 10.1. The minimum absolute atomic E-state index is 0.270. The molecule has 1 aromatic rings. The van der Waals surface area contributed by atoms with E-state index in [1.807, 2.05) is 12.1 Å². The number of pyridine rings is 1. The third-order valence-corrected chi connectivity index (χ3v) is 1.61. The Hall–Kier alpha value is -1.87. The van der Waals surface area contributed by atoms with Crippen LogP contribution in [-0.2, 0) is 6.42 Å². The summed E-state index contributed by atoms with van der Waals surface area (Å²) in [6, 6.07) is 5.75. The number of rotatable bonds is 1. The lowest BCUT2D eigenvalue weighted by Crippen LogP contribution is -1.94. The number of aromatic nitrogens is 1. The van der Waals surface area contributed by atoms with Crippen molar-refractivity contribution in [2.45, 2.75) is 13.3 Å². The van der Waals surface area contributed by atoms with Crippen LogP contribution in [0.1, 0.15) is 16.8 Å². The molecule has 0 fully saturated rings. The average molecular weight is 157 g/mol. The molecule has 0 atom stereocenters. The molecule has 0 radical (unpaired) electrons. The number of hydrogen-bond donors (Lipinski definition) is 0. The zero-order valence-corrected chi connectivity index (χ0v) is 6.70. The van der Waals surface area contributed by atoms with Crippen molar-refractivity contribution < 1.29 is 0 Å². The Morgan fingerprint density at radius 3 is 2.83 bits per heavy atom. The lowest BCUT2D eigenvalue weighted by Gasteiger charge is -1.99. The molecule has 0 bridgehead atoms. The van der Waals surface area contributed by atoms with E-state index >= 15 is 0 Å². The van der Waals surface area contributed by atoms with Gasteiger partial charge in [0.15, 0.2) is 0 Å². The number of nitriles is 2. The summed E-state index contributed by atoms with van der Waals surface area (Å²) in [4.78, 5) is 3.96. The van der Waals surface area contributed by atoms with Crippen molar-refractivity contribution in [1.82, 2.24) is 4.98 Å². The Kier molecular flexibility index (Phi) is 2.40. The molecule has 0 aliphatic carbocycles. The van der Waals surface area contributed by atoms with Crippen molar-refractivity contribution in [3.8, 4) is 12.1 Å². The van der Waals surface area contributed by atoms with Gasteiger partial charge in [0.25, 0.3) is 0 Å². The molecule has 0 saturated heterocycles. The minimum Gasteiger partial charge on any atom is -0.260 e. The second-order valence-electron chi connectivity index (χ2n) is 2.38. The van der Waals surface area contributed by atoms with E-state index in [0.29, 0.717) is 11.3 Å². The maximum atomic E-state index is 8.73. The highest BCUT2D eigenvalue weighted by Crippen LogP contribution is 2.10. The summed E-state index contributed by atoms with van der Waals surface area (Å²) in [5, 5.41) is 17.2. The second kappa shape index (κ2) is 3.50. The van der Waals surface area contributed by atoms with Crippen LogP contribution in [0.15, 0.2) is 12.3 Å². The zero-order chi connectivity index (χ0) is 8.97. The fourth-order valence-corrected chi connectivity index (χ4v) is 1.00. The van der Waals surface area contributed by atoms with Crippen LogP contribution in [0.3, 0.4) is 0 Å². The summed E-state index contributed by atoms with van der Waals surface area (Å²) >= 11 is 0. The van der Waals surface area contributed by atoms with Gasteiger partial charge in [0.2, 0.25) is 0 Å². The molecule has 0 aliphatic rings. The Balaban J connectivity index is 3.23. The molecule has 0 saturated carbocycles. The van der Waals surface area contributed by atoms with Crippen LogP contribution in [0.2, 0.25) is 0 Å². The average Bonchev–Trinajstić information content (AvgIpc) is 2.05. The van der Waals surface area contributed by atoms with Gasteiger partial charge in [-0.1, -0.05) is 0 Å². The van der Waals surface area contributed by atoms with Gasteiger partial charge in [-0.05, 0) is 18.6 Å². The molecular formula is C9H7N3. The van der Waals surface area contributed by atoms with Crippen molar-refractivity contribution >= 4 is 0 Å². The molecule has 0 aliphatic heterocycles. The monoisotopic (exact) mass is 157 g/mol. The smallest absolute Gasteiger partial charge is 0.101 e. The molecule has 0 unspecified atom stereocenters. The molecule has 58 valence electrons. The standard InChI is InChI=1S/C9H7N3/c1-7-9(6-11)8(2-4-10)3-5-12-7/h3,5H,2H2,1H3. The second-order valence-corrected chi connectivity index (χ2v) is 2.38. The first-order valence-electron chi connectivity index (χ1n) is 3.51. The lowest BCUT2D eigenvalue weighted by molar-refractivity contribution is 1.12. The van der Waals surface area contributed by atoms with Gasteiger partial charge in [0.1, 0.15) is 6.07 Å². The van der Waals surface area contributed by atoms with Gasteiger partial charge < -0.3 is 0 Å². The van der Waals surface area contributed by atoms with E-state index in [0.717, 1.165) is 5.56 Å². The number of aryl methyl sites for hydroxylation is 1. The van der Waals surface area contributed by atoms with Gasteiger partial charge >= 0.3 is 0 Å². The van der Waals surface area contributed by atoms with E-state index < -0.39 is 0 Å². The van der Waals surface area contributed by atoms with E-state index in [1.165, 1.54) is 0 Å². The molecular weight excluding hydrogens is 150 g/mol. The first-order chi connectivity index (χ1) is 5.79. The largest absolute Gasteiger partial charge is 0.260 e. The van der Waals surface area contributed by atoms with E-state index in [9.17, 15) is 0 Å². The molecule has 0 amide bonds. The molecule has 1 rings (SSSR count). The molecule has 0 aromatic carbocycles. The quantitative estimate of drug-likeness (QED) is 0.617. The molecule has 3 heteroatoms. The Morgan fingerprint density at radius 2 is 2.25 bits per heavy atom. The summed E-state index contributed by atoms with van der Waals surface area (Å²) in [6.07, 6.45) is 1.88. The molecule has 0 N–H and O–H groups in total. The third-order valence-electron chi connectivity index (χ3n) is 1.61. The Bertz CT molecular complexity index is 368. The number of hydrogen-bond acceptors (Lipinski definition) is 3. The van der Waals surface area contributed by atoms with Gasteiger partial charge in [-0.3, -0.25) is 4.98 Å². The van der Waals surface area contributed by atoms with E-state index in [-0.39, 0.29) is 6.42 Å². The first kappa shape index (κ1) is 8.23. The highest BCUT2D eigenvalue weighted by molar-refractivity contribution is 5.41. The number of nitrogens with zero attached hydrogens (tertiary/aromatic N) is 3. The summed E-state index contributed by atoms with van der Waals surface area (Å²) in [6.45, 7) is 1.76. The van der Waals surface area contributed by atoms with Crippen LogP contribution in [-0.4, -0.2) is 4.98 Å². The summed E-state index contributed by atoms with van der Waals surface area (Å²) in [5.41, 5.74) is 1.97. The zero-order valence-electron chi connectivity index (χ0n) is 6.70. The van der Waals surface area contributed by atoms with E-state index in [4.69, 9.17) is 10.5 Å². The van der Waals surface area contributed by atoms with E-state index in [2.05, 4.69) is 4.98 Å². The van der Waals surface area contributed by atoms with Gasteiger partial charge in [0, 0.05) is 6.20 Å².